The summed E-state index contributed by atoms with van der Waals surface area (Å²) in [6.07, 6.45) is 4.30. The second kappa shape index (κ2) is 7.84. The van der Waals surface area contributed by atoms with Crippen LogP contribution in [-0.4, -0.2) is 19.2 Å². The van der Waals surface area contributed by atoms with Gasteiger partial charge in [-0.05, 0) is 75.2 Å². The van der Waals surface area contributed by atoms with Crippen LogP contribution in [0.1, 0.15) is 58.4 Å². The first-order valence-electron chi connectivity index (χ1n) is 8.53. The molecule has 0 heterocycles. The standard InChI is InChI=1S/C19H31NO/c1-14(2)12-20-13-17-6-5-7-19(17)16-8-10-18(11-9-16)21-15(3)4/h8-11,14-15,17,19-20H,5-7,12-13H2,1-4H3. The summed E-state index contributed by atoms with van der Waals surface area (Å²) in [6, 6.07) is 8.80. The molecule has 118 valence electrons. The van der Waals surface area contributed by atoms with E-state index in [0.29, 0.717) is 0 Å². The van der Waals surface area contributed by atoms with E-state index in [2.05, 4.69) is 57.3 Å². The maximum absolute atomic E-state index is 5.74. The number of nitrogens with one attached hydrogen (secondary N) is 1. The highest BCUT2D eigenvalue weighted by Gasteiger charge is 2.28. The molecule has 1 N–H and O–H groups in total. The van der Waals surface area contributed by atoms with Gasteiger partial charge in [0.25, 0.3) is 0 Å². The molecule has 0 aromatic heterocycles. The van der Waals surface area contributed by atoms with Gasteiger partial charge in [0, 0.05) is 0 Å². The van der Waals surface area contributed by atoms with Gasteiger partial charge in [-0.15, -0.1) is 0 Å². The predicted molar refractivity (Wildman–Crippen MR) is 90.0 cm³/mol. The molecule has 1 aliphatic carbocycles. The van der Waals surface area contributed by atoms with Crippen LogP contribution in [0.4, 0.5) is 0 Å². The third-order valence-electron chi connectivity index (χ3n) is 4.30. The Kier molecular flexibility index (Phi) is 6.10. The monoisotopic (exact) mass is 289 g/mol. The largest absolute Gasteiger partial charge is 0.491 e. The Morgan fingerprint density at radius 1 is 1.10 bits per heavy atom. The van der Waals surface area contributed by atoms with E-state index in [4.69, 9.17) is 4.74 Å². The van der Waals surface area contributed by atoms with E-state index in [0.717, 1.165) is 36.6 Å². The molecule has 0 spiro atoms. The maximum atomic E-state index is 5.74. The molecule has 1 fully saturated rings. The quantitative estimate of drug-likeness (QED) is 0.792. The molecule has 0 amide bonds. The minimum absolute atomic E-state index is 0.246. The van der Waals surface area contributed by atoms with E-state index in [-0.39, 0.29) is 6.10 Å². The molecule has 0 saturated heterocycles. The second-order valence-corrected chi connectivity index (χ2v) is 7.09. The van der Waals surface area contributed by atoms with E-state index in [1.165, 1.54) is 24.8 Å². The normalized spacial score (nSPS) is 22.2. The number of hydrogen-bond donors (Lipinski definition) is 1. The predicted octanol–water partition coefficient (Wildman–Crippen LogP) is 4.60. The summed E-state index contributed by atoms with van der Waals surface area (Å²) in [5.74, 6) is 3.23. The lowest BCUT2D eigenvalue weighted by Crippen LogP contribution is -2.27. The fraction of sp³-hybridized carbons (Fsp3) is 0.684. The van der Waals surface area contributed by atoms with Crippen molar-refractivity contribution in [1.82, 2.24) is 5.32 Å². The number of ether oxygens (including phenoxy) is 1. The lowest BCUT2D eigenvalue weighted by atomic mass is 9.89. The SMILES string of the molecule is CC(C)CNCC1CCCC1c1ccc(OC(C)C)cc1. The molecule has 0 aliphatic heterocycles. The van der Waals surface area contributed by atoms with Crippen LogP contribution in [-0.2, 0) is 0 Å². The van der Waals surface area contributed by atoms with Gasteiger partial charge in [0.2, 0.25) is 0 Å². The smallest absolute Gasteiger partial charge is 0.119 e. The number of rotatable bonds is 7. The molecule has 21 heavy (non-hydrogen) atoms. The van der Waals surface area contributed by atoms with Crippen LogP contribution in [0.3, 0.4) is 0 Å². The van der Waals surface area contributed by atoms with Gasteiger partial charge in [0.15, 0.2) is 0 Å². The van der Waals surface area contributed by atoms with E-state index in [1.807, 2.05) is 0 Å². The van der Waals surface area contributed by atoms with E-state index >= 15 is 0 Å². The lowest BCUT2D eigenvalue weighted by Gasteiger charge is -2.21. The van der Waals surface area contributed by atoms with Gasteiger partial charge in [0.05, 0.1) is 6.10 Å². The molecule has 2 heteroatoms. The van der Waals surface area contributed by atoms with Gasteiger partial charge in [0.1, 0.15) is 5.75 Å². The topological polar surface area (TPSA) is 21.3 Å². The van der Waals surface area contributed by atoms with E-state index < -0.39 is 0 Å². The average Bonchev–Trinajstić information content (AvgIpc) is 2.87. The van der Waals surface area contributed by atoms with Crippen molar-refractivity contribution in [2.45, 2.75) is 59.0 Å². The molecule has 1 saturated carbocycles. The van der Waals surface area contributed by atoms with Gasteiger partial charge < -0.3 is 10.1 Å². The molecule has 0 radical (unpaired) electrons. The molecular formula is C19H31NO. The molecule has 2 atom stereocenters. The van der Waals surface area contributed by atoms with Gasteiger partial charge in [-0.2, -0.15) is 0 Å². The molecule has 2 unspecified atom stereocenters. The van der Waals surface area contributed by atoms with Crippen LogP contribution in [0.2, 0.25) is 0 Å². The Morgan fingerprint density at radius 3 is 2.43 bits per heavy atom. The zero-order chi connectivity index (χ0) is 15.2. The van der Waals surface area contributed by atoms with Crippen molar-refractivity contribution in [1.29, 1.82) is 0 Å². The van der Waals surface area contributed by atoms with Crippen LogP contribution in [0.15, 0.2) is 24.3 Å². The van der Waals surface area contributed by atoms with Crippen LogP contribution >= 0.6 is 0 Å². The summed E-state index contributed by atoms with van der Waals surface area (Å²) < 4.78 is 5.74. The van der Waals surface area contributed by atoms with Crippen LogP contribution in [0.25, 0.3) is 0 Å². The first-order chi connectivity index (χ1) is 10.1. The summed E-state index contributed by atoms with van der Waals surface area (Å²) in [7, 11) is 0. The van der Waals surface area contributed by atoms with E-state index in [1.54, 1.807) is 0 Å². The minimum atomic E-state index is 0.246. The minimum Gasteiger partial charge on any atom is -0.491 e. The van der Waals surface area contributed by atoms with Crippen molar-refractivity contribution in [2.24, 2.45) is 11.8 Å². The summed E-state index contributed by atoms with van der Waals surface area (Å²) in [5.41, 5.74) is 1.49. The van der Waals surface area contributed by atoms with Crippen molar-refractivity contribution in [3.05, 3.63) is 29.8 Å². The zero-order valence-corrected chi connectivity index (χ0v) is 14.1. The zero-order valence-electron chi connectivity index (χ0n) is 14.1. The molecule has 2 rings (SSSR count). The highest BCUT2D eigenvalue weighted by Crippen LogP contribution is 2.39. The Morgan fingerprint density at radius 2 is 1.81 bits per heavy atom. The summed E-state index contributed by atoms with van der Waals surface area (Å²) >= 11 is 0. The molecule has 1 aromatic carbocycles. The Balaban J connectivity index is 1.92. The Labute approximate surface area is 130 Å². The van der Waals surface area contributed by atoms with Gasteiger partial charge in [-0.1, -0.05) is 32.4 Å². The van der Waals surface area contributed by atoms with Crippen molar-refractivity contribution < 1.29 is 4.74 Å². The summed E-state index contributed by atoms with van der Waals surface area (Å²) in [4.78, 5) is 0. The van der Waals surface area contributed by atoms with Crippen molar-refractivity contribution in [3.63, 3.8) is 0 Å². The van der Waals surface area contributed by atoms with Crippen molar-refractivity contribution in [2.75, 3.05) is 13.1 Å². The van der Waals surface area contributed by atoms with E-state index in [9.17, 15) is 0 Å². The third kappa shape index (κ3) is 5.03. The van der Waals surface area contributed by atoms with Gasteiger partial charge in [-0.3, -0.25) is 0 Å². The fourth-order valence-electron chi connectivity index (χ4n) is 3.34. The van der Waals surface area contributed by atoms with Crippen LogP contribution in [0.5, 0.6) is 5.75 Å². The Bertz CT molecular complexity index is 410. The van der Waals surface area contributed by atoms with Crippen molar-refractivity contribution in [3.8, 4) is 5.75 Å². The number of benzene rings is 1. The number of hydrogen-bond acceptors (Lipinski definition) is 2. The molecule has 1 aliphatic rings. The highest BCUT2D eigenvalue weighted by atomic mass is 16.5. The summed E-state index contributed by atoms with van der Waals surface area (Å²) in [5, 5.41) is 3.64. The maximum Gasteiger partial charge on any atom is 0.119 e. The van der Waals surface area contributed by atoms with Crippen LogP contribution in [0, 0.1) is 11.8 Å². The second-order valence-electron chi connectivity index (χ2n) is 7.09. The first kappa shape index (κ1) is 16.4. The molecule has 1 aromatic rings. The first-order valence-corrected chi connectivity index (χ1v) is 8.53. The van der Waals surface area contributed by atoms with Crippen LogP contribution < -0.4 is 10.1 Å². The molecule has 0 bridgehead atoms. The van der Waals surface area contributed by atoms with Gasteiger partial charge >= 0.3 is 0 Å². The summed E-state index contributed by atoms with van der Waals surface area (Å²) in [6.45, 7) is 11.0. The highest BCUT2D eigenvalue weighted by molar-refractivity contribution is 5.30. The van der Waals surface area contributed by atoms with Gasteiger partial charge in [-0.25, -0.2) is 0 Å². The third-order valence-corrected chi connectivity index (χ3v) is 4.30. The Hall–Kier alpha value is -1.02. The molecule has 2 nitrogen and oxygen atoms in total. The lowest BCUT2D eigenvalue weighted by molar-refractivity contribution is 0.242. The average molecular weight is 289 g/mol. The fourth-order valence-corrected chi connectivity index (χ4v) is 3.34. The molecular weight excluding hydrogens is 258 g/mol. The van der Waals surface area contributed by atoms with Crippen molar-refractivity contribution >= 4 is 0 Å².